The molecule has 0 saturated heterocycles. The van der Waals surface area contributed by atoms with Gasteiger partial charge in [-0.1, -0.05) is 50.2 Å². The van der Waals surface area contributed by atoms with Gasteiger partial charge in [0.2, 0.25) is 0 Å². The van der Waals surface area contributed by atoms with E-state index in [9.17, 15) is 4.39 Å². The molecule has 2 aromatic rings. The van der Waals surface area contributed by atoms with Gasteiger partial charge in [-0.15, -0.1) is 0 Å². The molecule has 0 fully saturated rings. The van der Waals surface area contributed by atoms with Gasteiger partial charge in [-0.2, -0.15) is 0 Å². The maximum Gasteiger partial charge on any atom is 0.123 e. The van der Waals surface area contributed by atoms with Crippen LogP contribution in [0.3, 0.4) is 0 Å². The minimum absolute atomic E-state index is 0.183. The third-order valence-corrected chi connectivity index (χ3v) is 3.85. The first kappa shape index (κ1) is 14.7. The lowest BCUT2D eigenvalue weighted by Crippen LogP contribution is -2.29. The van der Waals surface area contributed by atoms with Crippen LogP contribution in [0.1, 0.15) is 36.6 Å². The van der Waals surface area contributed by atoms with Crippen LogP contribution >= 0.6 is 0 Å². The smallest absolute Gasteiger partial charge is 0.123 e. The molecule has 0 amide bonds. The van der Waals surface area contributed by atoms with Crippen LogP contribution in [-0.4, -0.2) is 18.0 Å². The average molecular weight is 271 g/mol. The minimum Gasteiger partial charge on any atom is -0.293 e. The molecular formula is C18H22FN. The number of halogens is 1. The molecule has 0 heterocycles. The molecular weight excluding hydrogens is 249 g/mol. The van der Waals surface area contributed by atoms with Crippen molar-refractivity contribution in [3.63, 3.8) is 0 Å². The first-order valence-corrected chi connectivity index (χ1v) is 7.22. The van der Waals surface area contributed by atoms with Gasteiger partial charge in [0.05, 0.1) is 6.04 Å². The van der Waals surface area contributed by atoms with Gasteiger partial charge >= 0.3 is 0 Å². The van der Waals surface area contributed by atoms with Crippen molar-refractivity contribution in [2.24, 2.45) is 0 Å². The molecule has 1 nitrogen and oxygen atoms in total. The zero-order chi connectivity index (χ0) is 14.5. The highest BCUT2D eigenvalue weighted by Crippen LogP contribution is 2.30. The molecule has 1 unspecified atom stereocenters. The SMILES string of the molecule is CCN(CC)C(c1ccc(F)cc1)c1ccccc1C. The molecule has 2 aromatic carbocycles. The van der Waals surface area contributed by atoms with Crippen molar-refractivity contribution in [2.45, 2.75) is 26.8 Å². The lowest BCUT2D eigenvalue weighted by atomic mass is 9.93. The number of nitrogens with zero attached hydrogens (tertiary/aromatic N) is 1. The fourth-order valence-corrected chi connectivity index (χ4v) is 2.71. The summed E-state index contributed by atoms with van der Waals surface area (Å²) in [5.41, 5.74) is 3.71. The number of aryl methyl sites for hydroxylation is 1. The van der Waals surface area contributed by atoms with Gasteiger partial charge in [0.1, 0.15) is 5.82 Å². The van der Waals surface area contributed by atoms with Crippen LogP contribution in [0.25, 0.3) is 0 Å². The van der Waals surface area contributed by atoms with E-state index in [1.807, 2.05) is 12.1 Å². The first-order valence-electron chi connectivity index (χ1n) is 7.22. The van der Waals surface area contributed by atoms with Gasteiger partial charge in [0.15, 0.2) is 0 Å². The molecule has 0 bridgehead atoms. The van der Waals surface area contributed by atoms with E-state index in [1.165, 1.54) is 11.1 Å². The van der Waals surface area contributed by atoms with Crippen LogP contribution in [0.2, 0.25) is 0 Å². The third-order valence-electron chi connectivity index (χ3n) is 3.85. The molecule has 2 heteroatoms. The Kier molecular flexibility index (Phi) is 4.91. The van der Waals surface area contributed by atoms with Gasteiger partial charge in [-0.25, -0.2) is 4.39 Å². The van der Waals surface area contributed by atoms with Gasteiger partial charge < -0.3 is 0 Å². The standard InChI is InChI=1S/C18H22FN/c1-4-20(5-2)18(15-10-12-16(19)13-11-15)17-9-7-6-8-14(17)3/h6-13,18H,4-5H2,1-3H3. The van der Waals surface area contributed by atoms with Crippen LogP contribution in [0, 0.1) is 12.7 Å². The zero-order valence-electron chi connectivity index (χ0n) is 12.4. The average Bonchev–Trinajstić information content (AvgIpc) is 2.47. The largest absolute Gasteiger partial charge is 0.293 e. The van der Waals surface area contributed by atoms with E-state index in [0.717, 1.165) is 18.7 Å². The van der Waals surface area contributed by atoms with Crippen LogP contribution < -0.4 is 0 Å². The lowest BCUT2D eigenvalue weighted by Gasteiger charge is -2.31. The Hall–Kier alpha value is -1.67. The second kappa shape index (κ2) is 6.67. The molecule has 0 spiro atoms. The topological polar surface area (TPSA) is 3.24 Å². The van der Waals surface area contributed by atoms with Crippen LogP contribution in [0.5, 0.6) is 0 Å². The lowest BCUT2D eigenvalue weighted by molar-refractivity contribution is 0.250. The molecule has 2 rings (SSSR count). The van der Waals surface area contributed by atoms with Crippen molar-refractivity contribution >= 4 is 0 Å². The maximum absolute atomic E-state index is 13.2. The number of hydrogen-bond acceptors (Lipinski definition) is 1. The molecule has 0 aromatic heterocycles. The highest BCUT2D eigenvalue weighted by Gasteiger charge is 2.21. The molecule has 106 valence electrons. The fourth-order valence-electron chi connectivity index (χ4n) is 2.71. The molecule has 20 heavy (non-hydrogen) atoms. The highest BCUT2D eigenvalue weighted by atomic mass is 19.1. The summed E-state index contributed by atoms with van der Waals surface area (Å²) in [5, 5.41) is 0. The summed E-state index contributed by atoms with van der Waals surface area (Å²) in [5.74, 6) is -0.183. The van der Waals surface area contributed by atoms with Crippen molar-refractivity contribution in [2.75, 3.05) is 13.1 Å². The fraction of sp³-hybridized carbons (Fsp3) is 0.333. The predicted octanol–water partition coefficient (Wildman–Crippen LogP) is 4.57. The van der Waals surface area contributed by atoms with Crippen molar-refractivity contribution < 1.29 is 4.39 Å². The van der Waals surface area contributed by atoms with E-state index >= 15 is 0 Å². The summed E-state index contributed by atoms with van der Waals surface area (Å²) in [7, 11) is 0. The summed E-state index contributed by atoms with van der Waals surface area (Å²) in [6, 6.07) is 15.5. The van der Waals surface area contributed by atoms with E-state index in [4.69, 9.17) is 0 Å². The van der Waals surface area contributed by atoms with E-state index < -0.39 is 0 Å². The zero-order valence-corrected chi connectivity index (χ0v) is 12.4. The summed E-state index contributed by atoms with van der Waals surface area (Å²) in [6.07, 6.45) is 0. The molecule has 0 aliphatic rings. The van der Waals surface area contributed by atoms with E-state index in [-0.39, 0.29) is 11.9 Å². The Morgan fingerprint density at radius 3 is 2.10 bits per heavy atom. The second-order valence-corrected chi connectivity index (χ2v) is 5.03. The molecule has 0 aliphatic heterocycles. The molecule has 0 saturated carbocycles. The van der Waals surface area contributed by atoms with Crippen molar-refractivity contribution in [1.29, 1.82) is 0 Å². The quantitative estimate of drug-likeness (QED) is 0.770. The van der Waals surface area contributed by atoms with Gasteiger partial charge in [0, 0.05) is 0 Å². The Morgan fingerprint density at radius 1 is 0.950 bits per heavy atom. The number of hydrogen-bond donors (Lipinski definition) is 0. The van der Waals surface area contributed by atoms with Crippen LogP contribution in [0.15, 0.2) is 48.5 Å². The van der Waals surface area contributed by atoms with E-state index in [0.29, 0.717) is 0 Å². The normalized spacial score (nSPS) is 12.7. The summed E-state index contributed by atoms with van der Waals surface area (Å²) < 4.78 is 13.2. The number of benzene rings is 2. The van der Waals surface area contributed by atoms with Gasteiger partial charge in [0.25, 0.3) is 0 Å². The number of rotatable bonds is 5. The summed E-state index contributed by atoms with van der Waals surface area (Å²) >= 11 is 0. The summed E-state index contributed by atoms with van der Waals surface area (Å²) in [4.78, 5) is 2.40. The van der Waals surface area contributed by atoms with E-state index in [1.54, 1.807) is 12.1 Å². The molecule has 0 N–H and O–H groups in total. The highest BCUT2D eigenvalue weighted by molar-refractivity contribution is 5.37. The maximum atomic E-state index is 13.2. The Labute approximate surface area is 121 Å². The minimum atomic E-state index is -0.183. The Morgan fingerprint density at radius 2 is 1.55 bits per heavy atom. The van der Waals surface area contributed by atoms with Crippen LogP contribution in [0.4, 0.5) is 4.39 Å². The summed E-state index contributed by atoms with van der Waals surface area (Å²) in [6.45, 7) is 8.39. The molecule has 1 atom stereocenters. The molecule has 0 aliphatic carbocycles. The van der Waals surface area contributed by atoms with Crippen molar-refractivity contribution in [3.8, 4) is 0 Å². The van der Waals surface area contributed by atoms with Crippen molar-refractivity contribution in [1.82, 2.24) is 4.90 Å². The molecule has 0 radical (unpaired) electrons. The second-order valence-electron chi connectivity index (χ2n) is 5.03. The first-order chi connectivity index (χ1) is 9.67. The predicted molar refractivity (Wildman–Crippen MR) is 82.3 cm³/mol. The van der Waals surface area contributed by atoms with Crippen molar-refractivity contribution in [3.05, 3.63) is 71.0 Å². The Balaban J connectivity index is 2.50. The van der Waals surface area contributed by atoms with Crippen LogP contribution in [-0.2, 0) is 0 Å². The van der Waals surface area contributed by atoms with E-state index in [2.05, 4.69) is 49.9 Å². The Bertz CT molecular complexity index is 544. The third kappa shape index (κ3) is 3.07. The van der Waals surface area contributed by atoms with Gasteiger partial charge in [-0.05, 0) is 48.8 Å². The van der Waals surface area contributed by atoms with Gasteiger partial charge in [-0.3, -0.25) is 4.90 Å². The monoisotopic (exact) mass is 271 g/mol.